The number of nitrogens with one attached hydrogen (secondary N) is 1. The van der Waals surface area contributed by atoms with Crippen molar-refractivity contribution in [2.45, 2.75) is 32.2 Å². The number of hydrogen-bond acceptors (Lipinski definition) is 5. The first-order chi connectivity index (χ1) is 9.60. The average Bonchev–Trinajstić information content (AvgIpc) is 2.91. The first-order valence-electron chi connectivity index (χ1n) is 7.02. The monoisotopic (exact) mass is 278 g/mol. The van der Waals surface area contributed by atoms with E-state index in [-0.39, 0.29) is 10.6 Å². The lowest BCUT2D eigenvalue weighted by atomic mass is 10.1. The highest BCUT2D eigenvalue weighted by molar-refractivity contribution is 5.55. The maximum atomic E-state index is 10.9. The van der Waals surface area contributed by atoms with E-state index in [1.165, 1.54) is 31.7 Å². The van der Waals surface area contributed by atoms with Gasteiger partial charge in [0.25, 0.3) is 5.69 Å². The number of nitrogens with zero attached hydrogens (tertiary/aromatic N) is 2. The number of nitrogens with two attached hydrogens (primary N) is 1. The molecule has 3 N–H and O–H groups in total. The Labute approximate surface area is 119 Å². The summed E-state index contributed by atoms with van der Waals surface area (Å²) in [5, 5.41) is 10.9. The molecule has 2 rings (SSSR count). The summed E-state index contributed by atoms with van der Waals surface area (Å²) in [6.07, 6.45) is 5.23. The van der Waals surface area contributed by atoms with Crippen LogP contribution >= 0.6 is 0 Å². The highest BCUT2D eigenvalue weighted by Crippen LogP contribution is 2.27. The van der Waals surface area contributed by atoms with Crippen LogP contribution in [0.25, 0.3) is 0 Å². The number of nitro benzene ring substituents is 1. The van der Waals surface area contributed by atoms with Crippen molar-refractivity contribution >= 4 is 11.4 Å². The van der Waals surface area contributed by atoms with E-state index in [1.807, 2.05) is 0 Å². The Balaban J connectivity index is 2.05. The van der Waals surface area contributed by atoms with Gasteiger partial charge in [0.1, 0.15) is 0 Å². The standard InChI is InChI=1S/C14H22N4O2/c1-17(9-11-4-2-3-5-11)10-12-8-13(18(19)20)6-7-14(12)16-15/h6-8,11,16H,2-5,9-10,15H2,1H3. The predicted molar refractivity (Wildman–Crippen MR) is 79.2 cm³/mol. The number of rotatable bonds is 6. The van der Waals surface area contributed by atoms with Crippen LogP contribution in [0.1, 0.15) is 31.2 Å². The maximum Gasteiger partial charge on any atom is 0.269 e. The molecule has 0 heterocycles. The second-order valence-electron chi connectivity index (χ2n) is 5.59. The Kier molecular flexibility index (Phi) is 4.92. The summed E-state index contributed by atoms with van der Waals surface area (Å²) >= 11 is 0. The first-order valence-corrected chi connectivity index (χ1v) is 7.02. The van der Waals surface area contributed by atoms with E-state index in [1.54, 1.807) is 12.1 Å². The highest BCUT2D eigenvalue weighted by Gasteiger charge is 2.18. The zero-order valence-corrected chi connectivity index (χ0v) is 11.8. The topological polar surface area (TPSA) is 84.4 Å². The fourth-order valence-corrected chi connectivity index (χ4v) is 2.95. The zero-order valence-electron chi connectivity index (χ0n) is 11.8. The minimum Gasteiger partial charge on any atom is -0.324 e. The van der Waals surface area contributed by atoms with Crippen LogP contribution in [0.2, 0.25) is 0 Å². The normalized spacial score (nSPS) is 15.8. The molecule has 1 aromatic carbocycles. The van der Waals surface area contributed by atoms with Gasteiger partial charge in [0.15, 0.2) is 0 Å². The third-order valence-corrected chi connectivity index (χ3v) is 3.94. The predicted octanol–water partition coefficient (Wildman–Crippen LogP) is 2.50. The zero-order chi connectivity index (χ0) is 14.5. The number of nitro groups is 1. The maximum absolute atomic E-state index is 10.9. The molecule has 0 atom stereocenters. The number of anilines is 1. The van der Waals surface area contributed by atoms with Crippen LogP contribution in [0.15, 0.2) is 18.2 Å². The summed E-state index contributed by atoms with van der Waals surface area (Å²) in [5.41, 5.74) is 4.32. The van der Waals surface area contributed by atoms with Crippen molar-refractivity contribution in [1.29, 1.82) is 0 Å². The van der Waals surface area contributed by atoms with Crippen LogP contribution in [0.5, 0.6) is 0 Å². The van der Waals surface area contributed by atoms with Gasteiger partial charge in [-0.1, -0.05) is 12.8 Å². The van der Waals surface area contributed by atoms with E-state index in [0.717, 1.165) is 23.7 Å². The minimum absolute atomic E-state index is 0.105. The van der Waals surface area contributed by atoms with Gasteiger partial charge >= 0.3 is 0 Å². The van der Waals surface area contributed by atoms with Crippen molar-refractivity contribution in [3.63, 3.8) is 0 Å². The van der Waals surface area contributed by atoms with Gasteiger partial charge in [-0.25, -0.2) is 0 Å². The molecule has 20 heavy (non-hydrogen) atoms. The van der Waals surface area contributed by atoms with E-state index in [4.69, 9.17) is 5.84 Å². The summed E-state index contributed by atoms with van der Waals surface area (Å²) in [6.45, 7) is 1.70. The van der Waals surface area contributed by atoms with Crippen molar-refractivity contribution in [1.82, 2.24) is 4.90 Å². The van der Waals surface area contributed by atoms with Crippen LogP contribution < -0.4 is 11.3 Å². The molecular weight excluding hydrogens is 256 g/mol. The number of nitrogen functional groups attached to an aromatic ring is 1. The van der Waals surface area contributed by atoms with Gasteiger partial charge in [0, 0.05) is 25.2 Å². The molecule has 6 heteroatoms. The van der Waals surface area contributed by atoms with Crippen molar-refractivity contribution < 1.29 is 4.92 Å². The molecule has 0 aromatic heterocycles. The quantitative estimate of drug-likeness (QED) is 0.474. The summed E-state index contributed by atoms with van der Waals surface area (Å²) in [7, 11) is 2.05. The molecule has 110 valence electrons. The molecule has 0 unspecified atom stereocenters. The molecule has 1 aliphatic rings. The molecule has 0 radical (unpaired) electrons. The Morgan fingerprint density at radius 1 is 1.45 bits per heavy atom. The van der Waals surface area contributed by atoms with Crippen molar-refractivity contribution in [2.24, 2.45) is 11.8 Å². The molecule has 0 aliphatic heterocycles. The van der Waals surface area contributed by atoms with Crippen LogP contribution in [-0.2, 0) is 6.54 Å². The second-order valence-corrected chi connectivity index (χ2v) is 5.59. The molecule has 1 saturated carbocycles. The molecular formula is C14H22N4O2. The van der Waals surface area contributed by atoms with Gasteiger partial charge in [-0.3, -0.25) is 16.0 Å². The Morgan fingerprint density at radius 2 is 2.15 bits per heavy atom. The SMILES string of the molecule is CN(Cc1cc([N+](=O)[O-])ccc1NN)CC1CCCC1. The van der Waals surface area contributed by atoms with Gasteiger partial charge in [0.2, 0.25) is 0 Å². The van der Waals surface area contributed by atoms with Crippen molar-refractivity contribution in [3.8, 4) is 0 Å². The smallest absolute Gasteiger partial charge is 0.269 e. The molecule has 1 aromatic rings. The average molecular weight is 278 g/mol. The fraction of sp³-hybridized carbons (Fsp3) is 0.571. The molecule has 1 fully saturated rings. The fourth-order valence-electron chi connectivity index (χ4n) is 2.95. The number of non-ortho nitro benzene ring substituents is 1. The minimum atomic E-state index is -0.374. The molecule has 0 saturated heterocycles. The van der Waals surface area contributed by atoms with Gasteiger partial charge in [-0.2, -0.15) is 0 Å². The summed E-state index contributed by atoms with van der Waals surface area (Å²) < 4.78 is 0. The first kappa shape index (κ1) is 14.7. The van der Waals surface area contributed by atoms with E-state index >= 15 is 0 Å². The second kappa shape index (κ2) is 6.67. The van der Waals surface area contributed by atoms with E-state index in [9.17, 15) is 10.1 Å². The summed E-state index contributed by atoms with van der Waals surface area (Å²) in [4.78, 5) is 12.7. The van der Waals surface area contributed by atoms with Gasteiger partial charge in [-0.15, -0.1) is 0 Å². The Hall–Kier alpha value is -1.66. The third-order valence-electron chi connectivity index (χ3n) is 3.94. The van der Waals surface area contributed by atoms with Gasteiger partial charge in [-0.05, 0) is 37.4 Å². The van der Waals surface area contributed by atoms with Crippen LogP contribution in [0.3, 0.4) is 0 Å². The molecule has 0 bridgehead atoms. The van der Waals surface area contributed by atoms with Crippen LogP contribution in [-0.4, -0.2) is 23.4 Å². The van der Waals surface area contributed by atoms with Crippen LogP contribution in [0.4, 0.5) is 11.4 Å². The number of hydrazine groups is 1. The van der Waals surface area contributed by atoms with Crippen molar-refractivity contribution in [2.75, 3.05) is 19.0 Å². The lowest BCUT2D eigenvalue weighted by Gasteiger charge is -2.22. The molecule has 0 spiro atoms. The molecule has 0 amide bonds. The van der Waals surface area contributed by atoms with Gasteiger partial charge in [0.05, 0.1) is 10.6 Å². The largest absolute Gasteiger partial charge is 0.324 e. The third kappa shape index (κ3) is 3.68. The molecule has 6 nitrogen and oxygen atoms in total. The van der Waals surface area contributed by atoms with Crippen molar-refractivity contribution in [3.05, 3.63) is 33.9 Å². The summed E-state index contributed by atoms with van der Waals surface area (Å²) in [5.74, 6) is 6.24. The Morgan fingerprint density at radius 3 is 2.75 bits per heavy atom. The number of hydrogen-bond donors (Lipinski definition) is 2. The summed E-state index contributed by atoms with van der Waals surface area (Å²) in [6, 6.07) is 4.73. The van der Waals surface area contributed by atoms with E-state index in [0.29, 0.717) is 6.54 Å². The van der Waals surface area contributed by atoms with Gasteiger partial charge < -0.3 is 10.3 Å². The van der Waals surface area contributed by atoms with E-state index < -0.39 is 0 Å². The lowest BCUT2D eigenvalue weighted by Crippen LogP contribution is -2.25. The van der Waals surface area contributed by atoms with E-state index in [2.05, 4.69) is 17.4 Å². The number of benzene rings is 1. The highest BCUT2D eigenvalue weighted by atomic mass is 16.6. The molecule has 1 aliphatic carbocycles. The lowest BCUT2D eigenvalue weighted by molar-refractivity contribution is -0.384. The Bertz CT molecular complexity index is 472. The van der Waals surface area contributed by atoms with Crippen LogP contribution in [0, 0.1) is 16.0 Å².